The summed E-state index contributed by atoms with van der Waals surface area (Å²) in [7, 11) is 0. The summed E-state index contributed by atoms with van der Waals surface area (Å²) >= 11 is 1.27. The molecule has 0 bridgehead atoms. The molecular formula is C14H17N3O2S. The summed E-state index contributed by atoms with van der Waals surface area (Å²) in [6.45, 7) is 5.10. The highest BCUT2D eigenvalue weighted by Gasteiger charge is 2.38. The summed E-state index contributed by atoms with van der Waals surface area (Å²) in [5.41, 5.74) is 3.09. The van der Waals surface area contributed by atoms with Gasteiger partial charge in [0.2, 0.25) is 0 Å². The van der Waals surface area contributed by atoms with Crippen LogP contribution in [0.4, 0.5) is 0 Å². The Labute approximate surface area is 121 Å². The number of rotatable bonds is 5. The Morgan fingerprint density at radius 3 is 2.95 bits per heavy atom. The minimum Gasteiger partial charge on any atom is -0.481 e. The van der Waals surface area contributed by atoms with Gasteiger partial charge >= 0.3 is 5.97 Å². The Bertz CT molecular complexity index is 676. The second kappa shape index (κ2) is 4.77. The van der Waals surface area contributed by atoms with Crippen molar-refractivity contribution >= 4 is 28.9 Å². The van der Waals surface area contributed by atoms with Crippen LogP contribution in [0.2, 0.25) is 0 Å². The van der Waals surface area contributed by atoms with Crippen LogP contribution in [0.1, 0.15) is 25.3 Å². The molecule has 0 radical (unpaired) electrons. The number of aryl methyl sites for hydroxylation is 1. The molecule has 2 heterocycles. The fraction of sp³-hybridized carbons (Fsp3) is 0.500. The Morgan fingerprint density at radius 1 is 1.55 bits per heavy atom. The van der Waals surface area contributed by atoms with Gasteiger partial charge in [0.05, 0.1) is 5.75 Å². The van der Waals surface area contributed by atoms with Crippen molar-refractivity contribution in [3.63, 3.8) is 0 Å². The number of carboxylic acids is 1. The van der Waals surface area contributed by atoms with E-state index in [0.717, 1.165) is 28.4 Å². The quantitative estimate of drug-likeness (QED) is 0.858. The third-order valence-corrected chi connectivity index (χ3v) is 4.62. The molecule has 0 unspecified atom stereocenters. The number of imidazole rings is 1. The smallest absolute Gasteiger partial charge is 0.313 e. The van der Waals surface area contributed by atoms with E-state index >= 15 is 0 Å². The normalized spacial score (nSPS) is 16.5. The minimum atomic E-state index is -0.824. The van der Waals surface area contributed by atoms with E-state index < -0.39 is 5.97 Å². The van der Waals surface area contributed by atoms with E-state index in [1.165, 1.54) is 24.6 Å². The zero-order valence-electron chi connectivity index (χ0n) is 11.6. The molecule has 0 saturated heterocycles. The van der Waals surface area contributed by atoms with Crippen molar-refractivity contribution in [2.45, 2.75) is 38.4 Å². The summed E-state index contributed by atoms with van der Waals surface area (Å²) in [5, 5.41) is 9.61. The Balaban J connectivity index is 2.01. The highest BCUT2D eigenvalue weighted by atomic mass is 32.2. The van der Waals surface area contributed by atoms with Crippen LogP contribution in [0.15, 0.2) is 17.4 Å². The van der Waals surface area contributed by atoms with Gasteiger partial charge in [-0.2, -0.15) is 0 Å². The zero-order chi connectivity index (χ0) is 14.3. The van der Waals surface area contributed by atoms with E-state index in [9.17, 15) is 4.79 Å². The molecule has 1 aliphatic rings. The van der Waals surface area contributed by atoms with Crippen molar-refractivity contribution in [3.05, 3.63) is 17.8 Å². The van der Waals surface area contributed by atoms with Gasteiger partial charge in [-0.25, -0.2) is 9.97 Å². The van der Waals surface area contributed by atoms with Crippen molar-refractivity contribution in [2.75, 3.05) is 5.75 Å². The van der Waals surface area contributed by atoms with Crippen LogP contribution >= 0.6 is 11.8 Å². The van der Waals surface area contributed by atoms with E-state index in [-0.39, 0.29) is 5.75 Å². The van der Waals surface area contributed by atoms with Crippen LogP contribution in [-0.2, 0) is 11.3 Å². The SMILES string of the molecule is Cc1cnc2c(c1)nc(SCC(=O)O)n2CC1(C)CC1. The lowest BCUT2D eigenvalue weighted by Crippen LogP contribution is -2.10. The molecule has 1 N–H and O–H groups in total. The summed E-state index contributed by atoms with van der Waals surface area (Å²) in [5.74, 6) is -0.797. The second-order valence-electron chi connectivity index (χ2n) is 5.83. The maximum atomic E-state index is 10.8. The summed E-state index contributed by atoms with van der Waals surface area (Å²) in [4.78, 5) is 19.8. The first-order valence-corrected chi connectivity index (χ1v) is 7.63. The number of hydrogen-bond acceptors (Lipinski definition) is 4. The zero-order valence-corrected chi connectivity index (χ0v) is 12.4. The number of thioether (sulfide) groups is 1. The predicted molar refractivity (Wildman–Crippen MR) is 78.0 cm³/mol. The molecule has 2 aromatic rings. The van der Waals surface area contributed by atoms with E-state index in [4.69, 9.17) is 5.11 Å². The average molecular weight is 291 g/mol. The molecule has 1 fully saturated rings. The van der Waals surface area contributed by atoms with Gasteiger partial charge in [0.15, 0.2) is 10.8 Å². The number of carboxylic acid groups (broad SMARTS) is 1. The topological polar surface area (TPSA) is 68.0 Å². The molecule has 0 atom stereocenters. The lowest BCUT2D eigenvalue weighted by Gasteiger charge is -2.12. The number of hydrogen-bond donors (Lipinski definition) is 1. The fourth-order valence-corrected chi connectivity index (χ4v) is 2.95. The molecule has 20 heavy (non-hydrogen) atoms. The average Bonchev–Trinajstić information content (AvgIpc) is 3.00. The molecule has 106 valence electrons. The lowest BCUT2D eigenvalue weighted by atomic mass is 10.1. The Morgan fingerprint density at radius 2 is 2.30 bits per heavy atom. The van der Waals surface area contributed by atoms with E-state index in [2.05, 4.69) is 21.5 Å². The van der Waals surface area contributed by atoms with Gasteiger partial charge in [-0.3, -0.25) is 4.79 Å². The van der Waals surface area contributed by atoms with E-state index in [0.29, 0.717) is 5.41 Å². The standard InChI is InChI=1S/C14H17N3O2S/c1-9-5-10-12(15-6-9)17(8-14(2)3-4-14)13(16-10)20-7-11(18)19/h5-6H,3-4,7-8H2,1-2H3,(H,18,19). The largest absolute Gasteiger partial charge is 0.481 e. The molecule has 2 aromatic heterocycles. The number of aliphatic carboxylic acids is 1. The second-order valence-corrected chi connectivity index (χ2v) is 6.77. The summed E-state index contributed by atoms with van der Waals surface area (Å²) in [6.07, 6.45) is 4.25. The monoisotopic (exact) mass is 291 g/mol. The molecule has 0 amide bonds. The number of nitrogens with zero attached hydrogens (tertiary/aromatic N) is 3. The van der Waals surface area contributed by atoms with Gasteiger partial charge in [0.25, 0.3) is 0 Å². The van der Waals surface area contributed by atoms with Gasteiger partial charge < -0.3 is 9.67 Å². The third kappa shape index (κ3) is 2.65. The maximum absolute atomic E-state index is 10.8. The van der Waals surface area contributed by atoms with Crippen LogP contribution in [0.3, 0.4) is 0 Å². The Hall–Kier alpha value is -1.56. The predicted octanol–water partition coefficient (Wildman–Crippen LogP) is 2.72. The lowest BCUT2D eigenvalue weighted by molar-refractivity contribution is -0.133. The molecule has 1 aliphatic carbocycles. The van der Waals surface area contributed by atoms with Gasteiger partial charge in [-0.15, -0.1) is 0 Å². The molecule has 6 heteroatoms. The first-order valence-electron chi connectivity index (χ1n) is 6.64. The number of pyridine rings is 1. The van der Waals surface area contributed by atoms with Gasteiger partial charge in [0.1, 0.15) is 5.52 Å². The Kier molecular flexibility index (Phi) is 3.20. The van der Waals surface area contributed by atoms with Crippen molar-refractivity contribution in [3.8, 4) is 0 Å². The van der Waals surface area contributed by atoms with Crippen LogP contribution in [-0.4, -0.2) is 31.4 Å². The van der Waals surface area contributed by atoms with E-state index in [1.807, 2.05) is 19.2 Å². The van der Waals surface area contributed by atoms with Gasteiger partial charge in [-0.1, -0.05) is 18.7 Å². The highest BCUT2D eigenvalue weighted by molar-refractivity contribution is 7.99. The summed E-state index contributed by atoms with van der Waals surface area (Å²) < 4.78 is 2.08. The number of aromatic nitrogens is 3. The molecule has 1 saturated carbocycles. The molecule has 5 nitrogen and oxygen atoms in total. The minimum absolute atomic E-state index is 0.0268. The molecule has 0 aromatic carbocycles. The molecule has 0 spiro atoms. The first kappa shape index (κ1) is 13.4. The number of carbonyl (C=O) groups is 1. The molecule has 0 aliphatic heterocycles. The van der Waals surface area contributed by atoms with Crippen LogP contribution in [0.25, 0.3) is 11.2 Å². The first-order chi connectivity index (χ1) is 9.47. The van der Waals surface area contributed by atoms with Gasteiger partial charge in [0, 0.05) is 12.7 Å². The summed E-state index contributed by atoms with van der Waals surface area (Å²) in [6, 6.07) is 2.00. The van der Waals surface area contributed by atoms with Crippen molar-refractivity contribution in [1.29, 1.82) is 0 Å². The number of fused-ring (bicyclic) bond motifs is 1. The van der Waals surface area contributed by atoms with Crippen molar-refractivity contribution in [2.24, 2.45) is 5.41 Å². The highest BCUT2D eigenvalue weighted by Crippen LogP contribution is 2.47. The fourth-order valence-electron chi connectivity index (χ4n) is 2.22. The van der Waals surface area contributed by atoms with Crippen molar-refractivity contribution < 1.29 is 9.90 Å². The molecule has 3 rings (SSSR count). The van der Waals surface area contributed by atoms with Gasteiger partial charge in [-0.05, 0) is 36.8 Å². The van der Waals surface area contributed by atoms with Crippen LogP contribution in [0, 0.1) is 12.3 Å². The maximum Gasteiger partial charge on any atom is 0.313 e. The molecular weight excluding hydrogens is 274 g/mol. The van der Waals surface area contributed by atoms with Crippen molar-refractivity contribution in [1.82, 2.24) is 14.5 Å². The van der Waals surface area contributed by atoms with Crippen LogP contribution < -0.4 is 0 Å². The third-order valence-electron chi connectivity index (χ3n) is 3.65. The van der Waals surface area contributed by atoms with E-state index in [1.54, 1.807) is 0 Å². The van der Waals surface area contributed by atoms with Crippen LogP contribution in [0.5, 0.6) is 0 Å².